The van der Waals surface area contributed by atoms with E-state index >= 15 is 0 Å². The van der Waals surface area contributed by atoms with Crippen LogP contribution in [-0.4, -0.2) is 39.5 Å². The minimum Gasteiger partial charge on any atom is -0.484 e. The van der Waals surface area contributed by atoms with Gasteiger partial charge >= 0.3 is 4.87 Å². The number of nitrogens with zero attached hydrogens (tertiary/aromatic N) is 2. The number of benzene rings is 3. The molecule has 3 aromatic carbocycles. The van der Waals surface area contributed by atoms with Gasteiger partial charge in [0.25, 0.3) is 11.6 Å². The largest absolute Gasteiger partial charge is 0.484 e. The van der Waals surface area contributed by atoms with Crippen molar-refractivity contribution in [2.24, 2.45) is 29.6 Å². The van der Waals surface area contributed by atoms with Crippen LogP contribution in [0.15, 0.2) is 82.6 Å². The minimum atomic E-state index is -0.518. The summed E-state index contributed by atoms with van der Waals surface area (Å²) in [6.45, 7) is -0.190. The highest BCUT2D eigenvalue weighted by molar-refractivity contribution is 8.00. The number of imide groups is 1. The zero-order valence-corrected chi connectivity index (χ0v) is 26.7. The molecule has 0 spiro atoms. The number of thioether (sulfide) groups is 1. The number of amides is 3. The van der Waals surface area contributed by atoms with E-state index in [4.69, 9.17) is 16.3 Å². The topological polar surface area (TPSA) is 152 Å². The molecular weight excluding hydrogens is 664 g/mol. The van der Waals surface area contributed by atoms with Gasteiger partial charge in [0.2, 0.25) is 11.8 Å². The summed E-state index contributed by atoms with van der Waals surface area (Å²) >= 11 is 8.69. The van der Waals surface area contributed by atoms with E-state index in [9.17, 15) is 29.3 Å². The van der Waals surface area contributed by atoms with Gasteiger partial charge in [-0.25, -0.2) is 0 Å². The van der Waals surface area contributed by atoms with E-state index < -0.39 is 16.8 Å². The molecule has 3 amide bonds. The van der Waals surface area contributed by atoms with Gasteiger partial charge in [0, 0.05) is 38.9 Å². The Hall–Kier alpha value is -4.46. The molecule has 238 valence electrons. The van der Waals surface area contributed by atoms with Crippen LogP contribution in [0.5, 0.6) is 5.75 Å². The number of nitro groups is 1. The predicted octanol–water partition coefficient (Wildman–Crippen LogP) is 5.69. The average Bonchev–Trinajstić information content (AvgIpc) is 3.80. The summed E-state index contributed by atoms with van der Waals surface area (Å²) in [4.78, 5) is 68.4. The number of non-ortho nitro benzene ring substituents is 1. The van der Waals surface area contributed by atoms with Crippen molar-refractivity contribution in [3.8, 4) is 5.75 Å². The van der Waals surface area contributed by atoms with Crippen LogP contribution in [0.1, 0.15) is 22.8 Å². The molecular formula is C33H25ClN4O7S2. The first-order valence-corrected chi connectivity index (χ1v) is 17.1. The van der Waals surface area contributed by atoms with Gasteiger partial charge in [-0.3, -0.25) is 34.2 Å². The smallest absolute Gasteiger partial charge is 0.305 e. The number of hydrogen-bond donors (Lipinski definition) is 2. The molecule has 11 nitrogen and oxygen atoms in total. The Kier molecular flexibility index (Phi) is 7.23. The number of rotatable bonds is 7. The SMILES string of the molecule is O=C(COc1ccc([C@H]2c3sc(=O)[nH]c3SC3C4CC(C5C(=O)N(c6ccc([N+](=O)[O-])cc6)C(=O)C45)C32)cc1)Nc1ccc(Cl)cc1. The van der Waals surface area contributed by atoms with Gasteiger partial charge in [-0.05, 0) is 78.3 Å². The number of H-pyrrole nitrogens is 1. The van der Waals surface area contributed by atoms with Crippen molar-refractivity contribution < 1.29 is 24.0 Å². The summed E-state index contributed by atoms with van der Waals surface area (Å²) in [7, 11) is 0. The fourth-order valence-electron chi connectivity index (χ4n) is 8.02. The molecule has 2 bridgehead atoms. The molecule has 7 atom stereocenters. The molecule has 47 heavy (non-hydrogen) atoms. The third kappa shape index (κ3) is 4.95. The molecule has 2 N–H and O–H groups in total. The minimum absolute atomic E-state index is 0.00989. The van der Waals surface area contributed by atoms with Crippen LogP contribution in [0.3, 0.4) is 0 Å². The molecule has 1 aromatic heterocycles. The second-order valence-electron chi connectivity index (χ2n) is 12.2. The van der Waals surface area contributed by atoms with Crippen LogP contribution < -0.4 is 19.8 Å². The van der Waals surface area contributed by atoms with Gasteiger partial charge in [-0.2, -0.15) is 0 Å². The Morgan fingerprint density at radius 3 is 2.34 bits per heavy atom. The number of anilines is 2. The molecule has 4 aliphatic rings. The van der Waals surface area contributed by atoms with Crippen LogP contribution in [0.25, 0.3) is 0 Å². The number of fused-ring (bicyclic) bond motifs is 9. The molecule has 4 aromatic rings. The highest BCUT2D eigenvalue weighted by Crippen LogP contribution is 2.68. The number of carbonyl (C=O) groups excluding carboxylic acids is 3. The van der Waals surface area contributed by atoms with E-state index in [-0.39, 0.29) is 63.8 Å². The predicted molar refractivity (Wildman–Crippen MR) is 176 cm³/mol. The van der Waals surface area contributed by atoms with Gasteiger partial charge in [-0.1, -0.05) is 35.1 Å². The van der Waals surface area contributed by atoms with Crippen LogP contribution >= 0.6 is 34.7 Å². The number of carbonyl (C=O) groups is 3. The Balaban J connectivity index is 1.05. The maximum Gasteiger partial charge on any atom is 0.305 e. The van der Waals surface area contributed by atoms with Crippen molar-refractivity contribution >= 4 is 69.5 Å². The molecule has 2 saturated carbocycles. The van der Waals surface area contributed by atoms with Crippen LogP contribution in [0.2, 0.25) is 5.02 Å². The molecule has 8 rings (SSSR count). The number of aromatic nitrogens is 1. The zero-order chi connectivity index (χ0) is 32.6. The molecule has 14 heteroatoms. The third-order valence-corrected chi connectivity index (χ3v) is 12.6. The lowest BCUT2D eigenvalue weighted by molar-refractivity contribution is -0.384. The Morgan fingerprint density at radius 2 is 1.66 bits per heavy atom. The van der Waals surface area contributed by atoms with Gasteiger partial charge < -0.3 is 15.0 Å². The quantitative estimate of drug-likeness (QED) is 0.143. The number of halogens is 1. The lowest BCUT2D eigenvalue weighted by atomic mass is 9.68. The number of ether oxygens (including phenoxy) is 1. The summed E-state index contributed by atoms with van der Waals surface area (Å²) in [6.07, 6.45) is 0.739. The first kappa shape index (κ1) is 29.9. The number of hydrogen-bond acceptors (Lipinski definition) is 9. The van der Waals surface area contributed by atoms with E-state index in [2.05, 4.69) is 10.3 Å². The van der Waals surface area contributed by atoms with E-state index in [0.717, 1.165) is 21.9 Å². The van der Waals surface area contributed by atoms with Gasteiger partial charge in [-0.15, -0.1) is 11.8 Å². The monoisotopic (exact) mass is 688 g/mol. The van der Waals surface area contributed by atoms with E-state index in [1.807, 2.05) is 12.1 Å². The normalized spacial score (nSPS) is 26.9. The standard InChI is InChI=1S/C33H25ClN4O7S2/c34-16-3-5-17(6-4-16)35-23(39)14-45-20-11-1-15(2-12-20)24-25-21-13-22(28(25)46-30-29(24)47-33(42)36-30)27-26(21)31(40)37(32(27)41)18-7-9-19(10-8-18)38(43)44/h1-12,21-22,24-28H,13-14H2,(H,35,39)(H,36,42)/t21?,22?,24-,25?,26?,27?,28?/m1/s1. The highest BCUT2D eigenvalue weighted by atomic mass is 35.5. The highest BCUT2D eigenvalue weighted by Gasteiger charge is 2.69. The summed E-state index contributed by atoms with van der Waals surface area (Å²) in [5.74, 6) is -1.60. The molecule has 6 unspecified atom stereocenters. The van der Waals surface area contributed by atoms with Crippen LogP contribution in [-0.2, 0) is 14.4 Å². The van der Waals surface area contributed by atoms with Crippen molar-refractivity contribution in [2.75, 3.05) is 16.8 Å². The molecule has 0 radical (unpaired) electrons. The van der Waals surface area contributed by atoms with Gasteiger partial charge in [0.1, 0.15) is 5.75 Å². The fourth-order valence-corrected chi connectivity index (χ4v) is 11.0. The molecule has 2 aliphatic heterocycles. The summed E-state index contributed by atoms with van der Waals surface area (Å²) in [6, 6.07) is 19.8. The van der Waals surface area contributed by atoms with Gasteiger partial charge in [0.05, 0.1) is 27.5 Å². The van der Waals surface area contributed by atoms with Crippen molar-refractivity contribution in [1.29, 1.82) is 0 Å². The molecule has 2 aliphatic carbocycles. The van der Waals surface area contributed by atoms with Crippen molar-refractivity contribution in [1.82, 2.24) is 4.98 Å². The van der Waals surface area contributed by atoms with Crippen LogP contribution in [0.4, 0.5) is 17.1 Å². The molecule has 3 fully saturated rings. The maximum absolute atomic E-state index is 13.9. The number of nitrogens with one attached hydrogen (secondary N) is 2. The molecule has 1 saturated heterocycles. The number of aromatic amines is 1. The van der Waals surface area contributed by atoms with Crippen LogP contribution in [0, 0.1) is 39.7 Å². The Labute approximate surface area is 280 Å². The number of thiazole rings is 1. The lowest BCUT2D eigenvalue weighted by Crippen LogP contribution is -2.42. The lowest BCUT2D eigenvalue weighted by Gasteiger charge is -2.43. The van der Waals surface area contributed by atoms with E-state index in [0.29, 0.717) is 22.1 Å². The van der Waals surface area contributed by atoms with E-state index in [1.165, 1.54) is 40.5 Å². The summed E-state index contributed by atoms with van der Waals surface area (Å²) < 4.78 is 5.75. The summed E-state index contributed by atoms with van der Waals surface area (Å²) in [5, 5.41) is 15.3. The number of nitro benzene ring substituents is 1. The third-order valence-electron chi connectivity index (χ3n) is 9.78. The Bertz CT molecular complexity index is 2000. The zero-order valence-electron chi connectivity index (χ0n) is 24.3. The maximum atomic E-state index is 13.9. The van der Waals surface area contributed by atoms with Gasteiger partial charge in [0.15, 0.2) is 6.61 Å². The molecule has 3 heterocycles. The van der Waals surface area contributed by atoms with Crippen molar-refractivity contribution in [3.63, 3.8) is 0 Å². The van der Waals surface area contributed by atoms with Crippen molar-refractivity contribution in [3.05, 3.63) is 108 Å². The Morgan fingerprint density at radius 1 is 0.979 bits per heavy atom. The second-order valence-corrected chi connectivity index (χ2v) is 14.8. The summed E-state index contributed by atoms with van der Waals surface area (Å²) in [5.41, 5.74) is 1.79. The first-order chi connectivity index (χ1) is 22.7. The van der Waals surface area contributed by atoms with E-state index in [1.54, 1.807) is 48.2 Å². The van der Waals surface area contributed by atoms with Crippen molar-refractivity contribution in [2.45, 2.75) is 22.6 Å². The second kappa shape index (κ2) is 11.4. The average molecular weight is 689 g/mol. The fraction of sp³-hybridized carbons (Fsp3) is 0.273. The first-order valence-electron chi connectivity index (χ1n) is 15.0.